The van der Waals surface area contributed by atoms with Gasteiger partial charge in [-0.2, -0.15) is 0 Å². The van der Waals surface area contributed by atoms with E-state index >= 15 is 0 Å². The zero-order chi connectivity index (χ0) is 15.8. The highest BCUT2D eigenvalue weighted by Gasteiger charge is 2.23. The minimum atomic E-state index is -0.241. The number of rotatable bonds is 8. The van der Waals surface area contributed by atoms with Gasteiger partial charge < -0.3 is 5.32 Å². The molecule has 0 aliphatic carbocycles. The Labute approximate surface area is 129 Å². The molecule has 2 unspecified atom stereocenters. The standard InChI is InChI=1S/C17H29N3O/c1-6-20(7-2)14(3)13-18-17(21)16(19(4)5)15-11-9-8-10-12-15/h8-12,14,16H,6-7,13H2,1-5H3,(H,18,21). The molecule has 0 saturated heterocycles. The first-order valence-corrected chi connectivity index (χ1v) is 7.74. The van der Waals surface area contributed by atoms with Gasteiger partial charge in [-0.15, -0.1) is 0 Å². The number of benzene rings is 1. The van der Waals surface area contributed by atoms with Crippen molar-refractivity contribution in [1.82, 2.24) is 15.1 Å². The summed E-state index contributed by atoms with van der Waals surface area (Å²) in [5, 5.41) is 3.09. The van der Waals surface area contributed by atoms with Crippen LogP contribution in [0.1, 0.15) is 32.4 Å². The van der Waals surface area contributed by atoms with Gasteiger partial charge in [-0.25, -0.2) is 0 Å². The maximum absolute atomic E-state index is 12.5. The topological polar surface area (TPSA) is 35.6 Å². The lowest BCUT2D eigenvalue weighted by Crippen LogP contribution is -2.45. The molecule has 4 nitrogen and oxygen atoms in total. The Balaban J connectivity index is 2.67. The van der Waals surface area contributed by atoms with Crippen molar-refractivity contribution in [1.29, 1.82) is 0 Å². The summed E-state index contributed by atoms with van der Waals surface area (Å²) in [6.45, 7) is 9.13. The van der Waals surface area contributed by atoms with Crippen LogP contribution in [0.15, 0.2) is 30.3 Å². The molecule has 0 saturated carbocycles. The quantitative estimate of drug-likeness (QED) is 0.797. The van der Waals surface area contributed by atoms with E-state index in [2.05, 4.69) is 31.0 Å². The molecule has 1 rings (SSSR count). The van der Waals surface area contributed by atoms with E-state index in [0.717, 1.165) is 18.7 Å². The molecule has 0 radical (unpaired) electrons. The third kappa shape index (κ3) is 5.14. The minimum absolute atomic E-state index is 0.0604. The van der Waals surface area contributed by atoms with Crippen LogP contribution >= 0.6 is 0 Å². The van der Waals surface area contributed by atoms with Gasteiger partial charge in [-0.05, 0) is 39.7 Å². The van der Waals surface area contributed by atoms with Crippen molar-refractivity contribution < 1.29 is 4.79 Å². The molecule has 0 fully saturated rings. The summed E-state index contributed by atoms with van der Waals surface area (Å²) in [7, 11) is 3.87. The molecule has 1 aromatic rings. The third-order valence-corrected chi connectivity index (χ3v) is 3.89. The van der Waals surface area contributed by atoms with E-state index in [9.17, 15) is 4.79 Å². The van der Waals surface area contributed by atoms with Gasteiger partial charge in [0, 0.05) is 12.6 Å². The summed E-state index contributed by atoms with van der Waals surface area (Å²) in [4.78, 5) is 16.8. The number of hydrogen-bond donors (Lipinski definition) is 1. The second kappa shape index (κ2) is 8.80. The lowest BCUT2D eigenvalue weighted by molar-refractivity contribution is -0.126. The highest BCUT2D eigenvalue weighted by atomic mass is 16.2. The normalized spacial score (nSPS) is 14.2. The smallest absolute Gasteiger partial charge is 0.241 e. The van der Waals surface area contributed by atoms with Crippen molar-refractivity contribution in [3.8, 4) is 0 Å². The highest BCUT2D eigenvalue weighted by molar-refractivity contribution is 5.83. The fraction of sp³-hybridized carbons (Fsp3) is 0.588. The highest BCUT2D eigenvalue weighted by Crippen LogP contribution is 2.17. The van der Waals surface area contributed by atoms with Gasteiger partial charge in [0.25, 0.3) is 0 Å². The number of carbonyl (C=O) groups excluding carboxylic acids is 1. The van der Waals surface area contributed by atoms with Crippen molar-refractivity contribution in [2.45, 2.75) is 32.9 Å². The van der Waals surface area contributed by atoms with Crippen LogP contribution in [0.25, 0.3) is 0 Å². The van der Waals surface area contributed by atoms with Crippen LogP contribution in [0.3, 0.4) is 0 Å². The maximum Gasteiger partial charge on any atom is 0.241 e. The summed E-state index contributed by atoms with van der Waals surface area (Å²) >= 11 is 0. The average molecular weight is 291 g/mol. The van der Waals surface area contributed by atoms with Gasteiger partial charge in [0.1, 0.15) is 6.04 Å². The SMILES string of the molecule is CCN(CC)C(C)CNC(=O)C(c1ccccc1)N(C)C. The van der Waals surface area contributed by atoms with Crippen LogP contribution in [0.5, 0.6) is 0 Å². The van der Waals surface area contributed by atoms with E-state index < -0.39 is 0 Å². The molecular weight excluding hydrogens is 262 g/mol. The Kier molecular flexibility index (Phi) is 7.40. The number of nitrogens with one attached hydrogen (secondary N) is 1. The predicted molar refractivity (Wildman–Crippen MR) is 88.3 cm³/mol. The van der Waals surface area contributed by atoms with Crippen molar-refractivity contribution in [2.75, 3.05) is 33.7 Å². The van der Waals surface area contributed by atoms with E-state index in [1.807, 2.05) is 49.3 Å². The molecule has 0 aliphatic rings. The predicted octanol–water partition coefficient (Wildman–Crippen LogP) is 2.14. The molecule has 0 aliphatic heterocycles. The van der Waals surface area contributed by atoms with Gasteiger partial charge in [0.05, 0.1) is 0 Å². The largest absolute Gasteiger partial charge is 0.353 e. The summed E-state index contributed by atoms with van der Waals surface area (Å²) in [6.07, 6.45) is 0. The van der Waals surface area contributed by atoms with E-state index in [0.29, 0.717) is 12.6 Å². The van der Waals surface area contributed by atoms with Crippen molar-refractivity contribution in [3.63, 3.8) is 0 Å². The first-order valence-electron chi connectivity index (χ1n) is 7.74. The van der Waals surface area contributed by atoms with Crippen LogP contribution in [0.4, 0.5) is 0 Å². The maximum atomic E-state index is 12.5. The number of carbonyl (C=O) groups is 1. The number of hydrogen-bond acceptors (Lipinski definition) is 3. The van der Waals surface area contributed by atoms with E-state index in [4.69, 9.17) is 0 Å². The van der Waals surface area contributed by atoms with Crippen molar-refractivity contribution in [3.05, 3.63) is 35.9 Å². The lowest BCUT2D eigenvalue weighted by atomic mass is 10.1. The van der Waals surface area contributed by atoms with Gasteiger partial charge in [0.2, 0.25) is 5.91 Å². The molecule has 1 N–H and O–H groups in total. The lowest BCUT2D eigenvalue weighted by Gasteiger charge is -2.28. The van der Waals surface area contributed by atoms with Crippen LogP contribution in [0.2, 0.25) is 0 Å². The minimum Gasteiger partial charge on any atom is -0.353 e. The third-order valence-electron chi connectivity index (χ3n) is 3.89. The Morgan fingerprint density at radius 2 is 1.71 bits per heavy atom. The molecule has 1 amide bonds. The van der Waals surface area contributed by atoms with Crippen LogP contribution in [-0.4, -0.2) is 55.5 Å². The Morgan fingerprint density at radius 1 is 1.14 bits per heavy atom. The van der Waals surface area contributed by atoms with Crippen molar-refractivity contribution >= 4 is 5.91 Å². The van der Waals surface area contributed by atoms with Gasteiger partial charge in [-0.3, -0.25) is 14.6 Å². The zero-order valence-electron chi connectivity index (χ0n) is 14.0. The molecule has 0 heterocycles. The van der Waals surface area contributed by atoms with Crippen LogP contribution in [0, 0.1) is 0 Å². The summed E-state index contributed by atoms with van der Waals surface area (Å²) < 4.78 is 0. The Bertz CT molecular complexity index is 415. The fourth-order valence-electron chi connectivity index (χ4n) is 2.64. The molecule has 0 spiro atoms. The molecule has 1 aromatic carbocycles. The van der Waals surface area contributed by atoms with E-state index in [1.54, 1.807) is 0 Å². The molecule has 0 bridgehead atoms. The number of amides is 1. The summed E-state index contributed by atoms with van der Waals surface area (Å²) in [5.74, 6) is 0.0604. The van der Waals surface area contributed by atoms with Crippen molar-refractivity contribution in [2.24, 2.45) is 0 Å². The zero-order valence-corrected chi connectivity index (χ0v) is 14.0. The van der Waals surface area contributed by atoms with E-state index in [1.165, 1.54) is 0 Å². The van der Waals surface area contributed by atoms with Crippen LogP contribution < -0.4 is 5.32 Å². The Morgan fingerprint density at radius 3 is 2.19 bits per heavy atom. The molecule has 21 heavy (non-hydrogen) atoms. The monoisotopic (exact) mass is 291 g/mol. The van der Waals surface area contributed by atoms with Gasteiger partial charge in [0.15, 0.2) is 0 Å². The molecule has 2 atom stereocenters. The number of likely N-dealkylation sites (N-methyl/N-ethyl adjacent to an activating group) is 2. The van der Waals surface area contributed by atoms with E-state index in [-0.39, 0.29) is 11.9 Å². The first kappa shape index (κ1) is 17.7. The van der Waals surface area contributed by atoms with Gasteiger partial charge >= 0.3 is 0 Å². The average Bonchev–Trinajstić information content (AvgIpc) is 2.47. The second-order valence-electron chi connectivity index (χ2n) is 5.59. The van der Waals surface area contributed by atoms with Crippen LogP contribution in [-0.2, 0) is 4.79 Å². The first-order chi connectivity index (χ1) is 10.0. The number of nitrogens with zero attached hydrogens (tertiary/aromatic N) is 2. The summed E-state index contributed by atoms with van der Waals surface area (Å²) in [5.41, 5.74) is 1.02. The summed E-state index contributed by atoms with van der Waals surface area (Å²) in [6, 6.07) is 10.0. The van der Waals surface area contributed by atoms with Gasteiger partial charge in [-0.1, -0.05) is 44.2 Å². The fourth-order valence-corrected chi connectivity index (χ4v) is 2.64. The molecular formula is C17H29N3O. The molecule has 4 heteroatoms. The Hall–Kier alpha value is -1.39. The molecule has 0 aromatic heterocycles. The molecule has 118 valence electrons. The second-order valence-corrected chi connectivity index (χ2v) is 5.59.